The van der Waals surface area contributed by atoms with Crippen LogP contribution in [-0.2, 0) is 4.74 Å². The van der Waals surface area contributed by atoms with Crippen LogP contribution in [0.1, 0.15) is 40.6 Å². The average molecular weight is 417 g/mol. The molecular weight excluding hydrogens is 397 g/mol. The zero-order chi connectivity index (χ0) is 22.0. The minimum atomic E-state index is -0.650. The smallest absolute Gasteiger partial charge is 0.339 e. The number of carbonyl (C=O) groups is 2. The molecule has 0 aliphatic heterocycles. The molecule has 0 radical (unpaired) electrons. The summed E-state index contributed by atoms with van der Waals surface area (Å²) in [7, 11) is 0. The largest absolute Gasteiger partial charge is 0.454 e. The van der Waals surface area contributed by atoms with Crippen LogP contribution in [0.3, 0.4) is 0 Å². The number of rotatable bonds is 6. The highest BCUT2D eigenvalue weighted by Crippen LogP contribution is 2.27. The van der Waals surface area contributed by atoms with Crippen molar-refractivity contribution < 1.29 is 18.7 Å². The Morgan fingerprint density at radius 2 is 1.77 bits per heavy atom. The predicted octanol–water partition coefficient (Wildman–Crippen LogP) is 4.86. The van der Waals surface area contributed by atoms with E-state index in [2.05, 4.69) is 5.10 Å². The molecule has 4 aromatic rings. The van der Waals surface area contributed by atoms with Crippen LogP contribution in [0.25, 0.3) is 22.3 Å². The average Bonchev–Trinajstić information content (AvgIpc) is 3.22. The molecule has 0 atom stereocenters. The lowest BCUT2D eigenvalue weighted by molar-refractivity contribution is 0.0476. The third-order valence-corrected chi connectivity index (χ3v) is 4.85. The molecule has 4 rings (SSSR count). The summed E-state index contributed by atoms with van der Waals surface area (Å²) in [6.45, 7) is 3.50. The zero-order valence-corrected chi connectivity index (χ0v) is 17.1. The number of pyridine rings is 1. The van der Waals surface area contributed by atoms with Crippen molar-refractivity contribution in [3.05, 3.63) is 83.8 Å². The van der Waals surface area contributed by atoms with Gasteiger partial charge in [-0.05, 0) is 44.2 Å². The Morgan fingerprint density at radius 3 is 2.45 bits per heavy atom. The Balaban J connectivity index is 1.67. The Hall–Kier alpha value is -3.87. The SMILES string of the molecule is CC(C)n1ncc2c(C(=O)OCC(=O)c3ccc(F)cc3)cc(-c3ccccc3)nc21. The second kappa shape index (κ2) is 8.47. The first-order valence-corrected chi connectivity index (χ1v) is 9.83. The van der Waals surface area contributed by atoms with Crippen molar-refractivity contribution in [3.8, 4) is 11.3 Å². The highest BCUT2D eigenvalue weighted by atomic mass is 19.1. The molecule has 0 saturated carbocycles. The molecule has 156 valence electrons. The fourth-order valence-electron chi connectivity index (χ4n) is 3.25. The van der Waals surface area contributed by atoms with E-state index in [1.165, 1.54) is 24.3 Å². The Bertz CT molecular complexity index is 1250. The molecule has 7 heteroatoms. The molecular formula is C24H20FN3O3. The van der Waals surface area contributed by atoms with Crippen LogP contribution >= 0.6 is 0 Å². The second-order valence-electron chi connectivity index (χ2n) is 7.35. The summed E-state index contributed by atoms with van der Waals surface area (Å²) in [6.07, 6.45) is 1.58. The van der Waals surface area contributed by atoms with E-state index >= 15 is 0 Å². The van der Waals surface area contributed by atoms with Crippen molar-refractivity contribution >= 4 is 22.8 Å². The molecule has 0 spiro atoms. The first-order chi connectivity index (χ1) is 14.9. The van der Waals surface area contributed by atoms with Gasteiger partial charge >= 0.3 is 5.97 Å². The van der Waals surface area contributed by atoms with Gasteiger partial charge in [-0.2, -0.15) is 5.10 Å². The maximum absolute atomic E-state index is 13.1. The molecule has 0 unspecified atom stereocenters. The van der Waals surface area contributed by atoms with Gasteiger partial charge in [0.05, 0.1) is 22.8 Å². The minimum Gasteiger partial charge on any atom is -0.454 e. The van der Waals surface area contributed by atoms with Gasteiger partial charge in [0, 0.05) is 17.2 Å². The molecule has 0 aliphatic carbocycles. The number of halogens is 1. The third kappa shape index (κ3) is 4.21. The molecule has 0 saturated heterocycles. The number of hydrogen-bond acceptors (Lipinski definition) is 5. The van der Waals surface area contributed by atoms with E-state index in [-0.39, 0.29) is 17.2 Å². The predicted molar refractivity (Wildman–Crippen MR) is 114 cm³/mol. The van der Waals surface area contributed by atoms with Crippen LogP contribution in [0.15, 0.2) is 66.9 Å². The number of Topliss-reactive ketones (excluding diaryl/α,β-unsaturated/α-hetero) is 1. The summed E-state index contributed by atoms with van der Waals surface area (Å²) in [5, 5.41) is 4.92. The topological polar surface area (TPSA) is 74.1 Å². The van der Waals surface area contributed by atoms with Crippen LogP contribution in [0, 0.1) is 5.82 Å². The van der Waals surface area contributed by atoms with Crippen molar-refractivity contribution in [1.82, 2.24) is 14.8 Å². The maximum Gasteiger partial charge on any atom is 0.339 e. The lowest BCUT2D eigenvalue weighted by atomic mass is 10.1. The van der Waals surface area contributed by atoms with Gasteiger partial charge in [0.15, 0.2) is 18.0 Å². The van der Waals surface area contributed by atoms with Crippen molar-refractivity contribution in [1.29, 1.82) is 0 Å². The Labute approximate surface area is 178 Å². The summed E-state index contributed by atoms with van der Waals surface area (Å²) in [5.41, 5.74) is 2.56. The molecule has 2 aromatic heterocycles. The van der Waals surface area contributed by atoms with Crippen LogP contribution in [-0.4, -0.2) is 33.1 Å². The molecule has 6 nitrogen and oxygen atoms in total. The summed E-state index contributed by atoms with van der Waals surface area (Å²) in [6, 6.07) is 16.3. The van der Waals surface area contributed by atoms with E-state index in [0.29, 0.717) is 16.7 Å². The number of nitrogens with zero attached hydrogens (tertiary/aromatic N) is 3. The van der Waals surface area contributed by atoms with Gasteiger partial charge in [-0.15, -0.1) is 0 Å². The lowest BCUT2D eigenvalue weighted by Crippen LogP contribution is -2.15. The zero-order valence-electron chi connectivity index (χ0n) is 17.1. The molecule has 0 fully saturated rings. The van der Waals surface area contributed by atoms with E-state index in [0.717, 1.165) is 5.56 Å². The molecule has 2 aromatic carbocycles. The minimum absolute atomic E-state index is 0.0416. The van der Waals surface area contributed by atoms with Crippen LogP contribution in [0.4, 0.5) is 4.39 Å². The van der Waals surface area contributed by atoms with Crippen molar-refractivity contribution in [2.45, 2.75) is 19.9 Å². The number of esters is 1. The fourth-order valence-corrected chi connectivity index (χ4v) is 3.25. The van der Waals surface area contributed by atoms with Crippen molar-refractivity contribution in [2.24, 2.45) is 0 Å². The summed E-state index contributed by atoms with van der Waals surface area (Å²) < 4.78 is 20.1. The van der Waals surface area contributed by atoms with Gasteiger partial charge in [-0.1, -0.05) is 30.3 Å². The van der Waals surface area contributed by atoms with Gasteiger partial charge in [-0.3, -0.25) is 4.79 Å². The van der Waals surface area contributed by atoms with Gasteiger partial charge in [0.2, 0.25) is 0 Å². The molecule has 0 aliphatic rings. The standard InChI is InChI=1S/C24H20FN3O3/c1-15(2)28-23-20(13-26-28)19(12-21(27-23)16-6-4-3-5-7-16)24(30)31-14-22(29)17-8-10-18(25)11-9-17/h3-13,15H,14H2,1-2H3. The first-order valence-electron chi connectivity index (χ1n) is 9.83. The van der Waals surface area contributed by atoms with E-state index in [9.17, 15) is 14.0 Å². The Morgan fingerprint density at radius 1 is 1.06 bits per heavy atom. The number of aromatic nitrogens is 3. The monoisotopic (exact) mass is 417 g/mol. The highest BCUT2D eigenvalue weighted by molar-refractivity contribution is 6.05. The number of ether oxygens (including phenoxy) is 1. The molecule has 2 heterocycles. The van der Waals surface area contributed by atoms with E-state index < -0.39 is 24.2 Å². The first kappa shape index (κ1) is 20.4. The Kier molecular flexibility index (Phi) is 5.58. The van der Waals surface area contributed by atoms with E-state index in [1.54, 1.807) is 16.9 Å². The fraction of sp³-hybridized carbons (Fsp3) is 0.167. The van der Waals surface area contributed by atoms with Crippen LogP contribution in [0.5, 0.6) is 0 Å². The summed E-state index contributed by atoms with van der Waals surface area (Å²) >= 11 is 0. The number of ketones is 1. The number of benzene rings is 2. The normalized spacial score (nSPS) is 11.1. The van der Waals surface area contributed by atoms with Crippen LogP contribution < -0.4 is 0 Å². The van der Waals surface area contributed by atoms with Crippen molar-refractivity contribution in [3.63, 3.8) is 0 Å². The van der Waals surface area contributed by atoms with Gasteiger partial charge in [0.25, 0.3) is 0 Å². The lowest BCUT2D eigenvalue weighted by Gasteiger charge is -2.11. The van der Waals surface area contributed by atoms with Gasteiger partial charge in [0.1, 0.15) is 5.82 Å². The van der Waals surface area contributed by atoms with Crippen LogP contribution in [0.2, 0.25) is 0 Å². The second-order valence-corrected chi connectivity index (χ2v) is 7.35. The molecule has 0 bridgehead atoms. The van der Waals surface area contributed by atoms with Gasteiger partial charge < -0.3 is 4.74 Å². The number of carbonyl (C=O) groups excluding carboxylic acids is 2. The van der Waals surface area contributed by atoms with Crippen molar-refractivity contribution in [2.75, 3.05) is 6.61 Å². The van der Waals surface area contributed by atoms with E-state index in [4.69, 9.17) is 9.72 Å². The summed E-state index contributed by atoms with van der Waals surface area (Å²) in [5.74, 6) is -1.51. The van der Waals surface area contributed by atoms with E-state index in [1.807, 2.05) is 44.2 Å². The molecule has 31 heavy (non-hydrogen) atoms. The molecule has 0 amide bonds. The quantitative estimate of drug-likeness (QED) is 0.331. The number of fused-ring (bicyclic) bond motifs is 1. The summed E-state index contributed by atoms with van der Waals surface area (Å²) in [4.78, 5) is 29.9. The third-order valence-electron chi connectivity index (χ3n) is 4.85. The molecule has 0 N–H and O–H groups in total. The van der Waals surface area contributed by atoms with Gasteiger partial charge in [-0.25, -0.2) is 18.9 Å². The maximum atomic E-state index is 13.1. The highest BCUT2D eigenvalue weighted by Gasteiger charge is 2.20. The number of hydrogen-bond donors (Lipinski definition) is 0.